The summed E-state index contributed by atoms with van der Waals surface area (Å²) in [6.45, 7) is 0. The molecule has 16 heavy (non-hydrogen) atoms. The van der Waals surface area contributed by atoms with Crippen molar-refractivity contribution < 1.29 is 9.67 Å². The van der Waals surface area contributed by atoms with Crippen molar-refractivity contribution in [3.05, 3.63) is 54.9 Å². The second-order valence-electron chi connectivity index (χ2n) is 3.68. The van der Waals surface area contributed by atoms with Gasteiger partial charge in [0.05, 0.1) is 0 Å². The molecule has 3 rings (SSSR count). The van der Waals surface area contributed by atoms with Gasteiger partial charge < -0.3 is 5.11 Å². The summed E-state index contributed by atoms with van der Waals surface area (Å²) in [4.78, 5) is 3.20. The van der Waals surface area contributed by atoms with E-state index < -0.39 is 0 Å². The third-order valence-corrected chi connectivity index (χ3v) is 2.64. The normalized spacial score (nSPS) is 10.8. The van der Waals surface area contributed by atoms with Crippen LogP contribution in [0.3, 0.4) is 0 Å². The number of aromatic amines is 1. The van der Waals surface area contributed by atoms with E-state index in [1.807, 2.05) is 36.7 Å². The number of nitrogens with zero attached hydrogens (tertiary/aromatic N) is 1. The third kappa shape index (κ3) is 1.34. The van der Waals surface area contributed by atoms with E-state index in [0.29, 0.717) is 0 Å². The van der Waals surface area contributed by atoms with Gasteiger partial charge in [-0.3, -0.25) is 0 Å². The van der Waals surface area contributed by atoms with E-state index in [2.05, 4.69) is 15.6 Å². The lowest BCUT2D eigenvalue weighted by atomic mass is 10.2. The minimum absolute atomic E-state index is 0.282. The Bertz CT molecular complexity index is 626. The first kappa shape index (κ1) is 8.97. The monoisotopic (exact) mass is 211 g/mol. The van der Waals surface area contributed by atoms with Crippen LogP contribution >= 0.6 is 0 Å². The lowest BCUT2D eigenvalue weighted by Crippen LogP contribution is -2.27. The van der Waals surface area contributed by atoms with Gasteiger partial charge in [0.1, 0.15) is 11.4 Å². The highest BCUT2D eigenvalue weighted by Gasteiger charge is 2.10. The molecule has 0 unspecified atom stereocenters. The molecule has 0 atom stereocenters. The highest BCUT2D eigenvalue weighted by Crippen LogP contribution is 2.12. The highest BCUT2D eigenvalue weighted by atomic mass is 16.3. The van der Waals surface area contributed by atoms with Crippen LogP contribution in [0.4, 0.5) is 0 Å². The van der Waals surface area contributed by atoms with Crippen LogP contribution in [-0.2, 0) is 0 Å². The molecule has 2 aromatic carbocycles. The fourth-order valence-corrected chi connectivity index (χ4v) is 1.84. The highest BCUT2D eigenvalue weighted by molar-refractivity contribution is 5.71. The van der Waals surface area contributed by atoms with Crippen LogP contribution in [0.1, 0.15) is 0 Å². The van der Waals surface area contributed by atoms with Crippen molar-refractivity contribution in [2.75, 3.05) is 0 Å². The third-order valence-electron chi connectivity index (χ3n) is 2.64. The van der Waals surface area contributed by atoms with Crippen LogP contribution in [-0.4, -0.2) is 10.1 Å². The first-order valence-electron chi connectivity index (χ1n) is 5.12. The number of aromatic nitrogens is 2. The van der Waals surface area contributed by atoms with Crippen LogP contribution in [0.5, 0.6) is 5.75 Å². The molecule has 0 spiro atoms. The summed E-state index contributed by atoms with van der Waals surface area (Å²) >= 11 is 0. The molecule has 3 heteroatoms. The molecule has 78 valence electrons. The molecule has 0 amide bonds. The quantitative estimate of drug-likeness (QED) is 0.595. The van der Waals surface area contributed by atoms with Gasteiger partial charge in [-0.05, 0) is 36.4 Å². The van der Waals surface area contributed by atoms with Crippen molar-refractivity contribution >= 4 is 11.0 Å². The molecule has 0 aliphatic heterocycles. The Morgan fingerprint density at radius 3 is 2.50 bits per heavy atom. The summed E-state index contributed by atoms with van der Waals surface area (Å²) in [6.07, 6.45) is 1.91. The Balaban J connectivity index is 2.22. The Labute approximate surface area is 92.6 Å². The number of para-hydroxylation sites is 2. The molecule has 3 aromatic rings. The molecular formula is C13H11N2O+. The largest absolute Gasteiger partial charge is 0.508 e. The first-order valence-corrected chi connectivity index (χ1v) is 5.12. The van der Waals surface area contributed by atoms with Gasteiger partial charge in [-0.25, -0.2) is 4.98 Å². The Hall–Kier alpha value is -2.29. The van der Waals surface area contributed by atoms with E-state index in [-0.39, 0.29) is 5.75 Å². The fraction of sp³-hybridized carbons (Fsp3) is 0. The zero-order valence-electron chi connectivity index (χ0n) is 8.59. The summed E-state index contributed by atoms with van der Waals surface area (Å²) < 4.78 is 2.05. The lowest BCUT2D eigenvalue weighted by Gasteiger charge is -1.97. The van der Waals surface area contributed by atoms with Gasteiger partial charge in [0.25, 0.3) is 0 Å². The predicted octanol–water partition coefficient (Wildman–Crippen LogP) is 2.15. The van der Waals surface area contributed by atoms with Crippen molar-refractivity contribution in [3.8, 4) is 11.4 Å². The predicted molar refractivity (Wildman–Crippen MR) is 61.5 cm³/mol. The number of rotatable bonds is 1. The molecule has 1 heterocycles. The van der Waals surface area contributed by atoms with E-state index in [1.165, 1.54) is 0 Å². The second kappa shape index (κ2) is 3.38. The first-order chi connectivity index (χ1) is 7.84. The fourth-order valence-electron chi connectivity index (χ4n) is 1.84. The zero-order chi connectivity index (χ0) is 11.0. The van der Waals surface area contributed by atoms with Crippen LogP contribution in [0.15, 0.2) is 54.9 Å². The topological polar surface area (TPSA) is 39.9 Å². The maximum atomic E-state index is 9.25. The lowest BCUT2D eigenvalue weighted by molar-refractivity contribution is -0.567. The summed E-state index contributed by atoms with van der Waals surface area (Å²) in [6, 6.07) is 15.2. The number of benzene rings is 2. The van der Waals surface area contributed by atoms with Crippen molar-refractivity contribution in [1.29, 1.82) is 0 Å². The number of hydrogen-bond acceptors (Lipinski definition) is 1. The van der Waals surface area contributed by atoms with Crippen LogP contribution in [0.25, 0.3) is 16.7 Å². The number of hydrogen-bond donors (Lipinski definition) is 2. The molecule has 0 fully saturated rings. The number of phenolic OH excluding ortho intramolecular Hbond substituents is 1. The molecule has 0 aliphatic rings. The van der Waals surface area contributed by atoms with Gasteiger partial charge in [-0.15, -0.1) is 0 Å². The Kier molecular flexibility index (Phi) is 1.90. The van der Waals surface area contributed by atoms with Gasteiger partial charge >= 0.3 is 0 Å². The standard InChI is InChI=1S/C13H10N2O/c16-11-7-5-10(6-8-11)15-9-14-12-3-1-2-4-13(12)15/h1-9,16H/p+1. The number of nitrogens with one attached hydrogen (secondary N) is 1. The summed E-state index contributed by atoms with van der Waals surface area (Å²) in [5, 5.41) is 9.25. The number of H-pyrrole nitrogens is 1. The summed E-state index contributed by atoms with van der Waals surface area (Å²) in [5.41, 5.74) is 3.24. The maximum absolute atomic E-state index is 9.25. The van der Waals surface area contributed by atoms with E-state index >= 15 is 0 Å². The molecule has 0 bridgehead atoms. The minimum atomic E-state index is 0.282. The second-order valence-corrected chi connectivity index (χ2v) is 3.68. The van der Waals surface area contributed by atoms with Gasteiger partial charge in [-0.1, -0.05) is 12.1 Å². The van der Waals surface area contributed by atoms with Crippen molar-refractivity contribution in [3.63, 3.8) is 0 Å². The molecule has 0 aliphatic carbocycles. The molecule has 1 aromatic heterocycles. The smallest absolute Gasteiger partial charge is 0.247 e. The Morgan fingerprint density at radius 2 is 1.69 bits per heavy atom. The van der Waals surface area contributed by atoms with Crippen molar-refractivity contribution in [1.82, 2.24) is 4.98 Å². The Morgan fingerprint density at radius 1 is 0.938 bits per heavy atom. The average Bonchev–Trinajstić information content (AvgIpc) is 2.74. The van der Waals surface area contributed by atoms with E-state index in [0.717, 1.165) is 16.7 Å². The van der Waals surface area contributed by atoms with E-state index in [1.54, 1.807) is 12.1 Å². The van der Waals surface area contributed by atoms with Crippen LogP contribution < -0.4 is 4.57 Å². The van der Waals surface area contributed by atoms with E-state index in [9.17, 15) is 5.11 Å². The molecule has 0 radical (unpaired) electrons. The molecular weight excluding hydrogens is 200 g/mol. The van der Waals surface area contributed by atoms with Gasteiger partial charge in [0.15, 0.2) is 11.0 Å². The van der Waals surface area contributed by atoms with E-state index in [4.69, 9.17) is 0 Å². The number of imidazole rings is 1. The molecule has 2 N–H and O–H groups in total. The maximum Gasteiger partial charge on any atom is 0.247 e. The number of fused-ring (bicyclic) bond motifs is 1. The summed E-state index contributed by atoms with van der Waals surface area (Å²) in [7, 11) is 0. The number of phenols is 1. The van der Waals surface area contributed by atoms with Gasteiger partial charge in [-0.2, -0.15) is 4.57 Å². The zero-order valence-corrected chi connectivity index (χ0v) is 8.59. The molecule has 3 nitrogen and oxygen atoms in total. The summed E-state index contributed by atoms with van der Waals surface area (Å²) in [5.74, 6) is 0.282. The van der Waals surface area contributed by atoms with Crippen LogP contribution in [0, 0.1) is 0 Å². The molecule has 0 saturated carbocycles. The average molecular weight is 211 g/mol. The molecule has 0 saturated heterocycles. The van der Waals surface area contributed by atoms with Crippen molar-refractivity contribution in [2.45, 2.75) is 0 Å². The van der Waals surface area contributed by atoms with Crippen molar-refractivity contribution in [2.24, 2.45) is 0 Å². The van der Waals surface area contributed by atoms with Gasteiger partial charge in [0.2, 0.25) is 6.33 Å². The van der Waals surface area contributed by atoms with Crippen LogP contribution in [0.2, 0.25) is 0 Å². The number of aromatic hydroxyl groups is 1. The van der Waals surface area contributed by atoms with Gasteiger partial charge in [0, 0.05) is 0 Å². The minimum Gasteiger partial charge on any atom is -0.508 e. The SMILES string of the molecule is Oc1ccc(-[n+]2c[nH]c3ccccc32)cc1.